The van der Waals surface area contributed by atoms with Crippen molar-refractivity contribution in [3.05, 3.63) is 0 Å². The van der Waals surface area contributed by atoms with Gasteiger partial charge < -0.3 is 10.2 Å². The molecule has 0 saturated carbocycles. The molecule has 1 atom stereocenters. The Morgan fingerprint density at radius 1 is 1.24 bits per heavy atom. The van der Waals surface area contributed by atoms with Gasteiger partial charge in [-0.05, 0) is 13.3 Å². The van der Waals surface area contributed by atoms with Crippen molar-refractivity contribution >= 4 is 23.7 Å². The molecule has 1 N–H and O–H groups in total. The molecule has 0 saturated heterocycles. The lowest BCUT2D eigenvalue weighted by Gasteiger charge is -2.14. The monoisotopic (exact) mass is 255 g/mol. The molecule has 1 aromatic heterocycles. The zero-order valence-corrected chi connectivity index (χ0v) is 12.0. The van der Waals surface area contributed by atoms with E-state index in [1.54, 1.807) is 11.8 Å². The first kappa shape index (κ1) is 14.0. The third kappa shape index (κ3) is 4.38. The van der Waals surface area contributed by atoms with Crippen LogP contribution in [-0.2, 0) is 0 Å². The van der Waals surface area contributed by atoms with E-state index in [0.717, 1.165) is 18.1 Å². The van der Waals surface area contributed by atoms with E-state index in [9.17, 15) is 0 Å². The minimum atomic E-state index is 0.516. The average molecular weight is 255 g/mol. The van der Waals surface area contributed by atoms with E-state index in [1.807, 2.05) is 25.9 Å². The topological polar surface area (TPSA) is 53.9 Å². The molecule has 0 aliphatic heterocycles. The minimum absolute atomic E-state index is 0.516. The maximum atomic E-state index is 4.43. The van der Waals surface area contributed by atoms with Crippen LogP contribution in [0.2, 0.25) is 0 Å². The maximum Gasteiger partial charge on any atom is 0.230 e. The van der Waals surface area contributed by atoms with Gasteiger partial charge in [0.05, 0.1) is 0 Å². The molecule has 0 bridgehead atoms. The molecule has 0 aliphatic rings. The van der Waals surface area contributed by atoms with Crippen LogP contribution in [0.5, 0.6) is 0 Å². The molecule has 6 heteroatoms. The zero-order valence-electron chi connectivity index (χ0n) is 11.2. The second-order valence-electron chi connectivity index (χ2n) is 4.00. The van der Waals surface area contributed by atoms with Crippen LogP contribution in [0, 0.1) is 0 Å². The van der Waals surface area contributed by atoms with Gasteiger partial charge in [0, 0.05) is 25.9 Å². The Kier molecular flexibility index (Phi) is 5.47. The molecule has 0 amide bonds. The smallest absolute Gasteiger partial charge is 0.230 e. The lowest BCUT2D eigenvalue weighted by molar-refractivity contribution is 0.846. The molecule has 0 aliphatic carbocycles. The first-order valence-corrected chi connectivity index (χ1v) is 6.78. The zero-order chi connectivity index (χ0) is 12.8. The fourth-order valence-corrected chi connectivity index (χ4v) is 1.90. The predicted molar refractivity (Wildman–Crippen MR) is 73.9 cm³/mol. The number of rotatable bonds is 6. The van der Waals surface area contributed by atoms with E-state index < -0.39 is 0 Å². The van der Waals surface area contributed by atoms with Crippen molar-refractivity contribution < 1.29 is 0 Å². The second kappa shape index (κ2) is 6.64. The van der Waals surface area contributed by atoms with Crippen LogP contribution in [0.15, 0.2) is 5.16 Å². The number of hydrogen-bond acceptors (Lipinski definition) is 6. The van der Waals surface area contributed by atoms with Crippen molar-refractivity contribution in [2.24, 2.45) is 0 Å². The molecule has 1 rings (SSSR count). The van der Waals surface area contributed by atoms with Gasteiger partial charge in [0.1, 0.15) is 0 Å². The van der Waals surface area contributed by atoms with Crippen LogP contribution < -0.4 is 10.2 Å². The Morgan fingerprint density at radius 2 is 1.94 bits per heavy atom. The molecule has 1 aromatic rings. The van der Waals surface area contributed by atoms with E-state index in [-0.39, 0.29) is 0 Å². The number of thioether (sulfide) groups is 1. The molecular formula is C11H21N5S. The van der Waals surface area contributed by atoms with Gasteiger partial charge in [-0.2, -0.15) is 15.0 Å². The maximum absolute atomic E-state index is 4.43. The van der Waals surface area contributed by atoms with Crippen LogP contribution >= 0.6 is 11.8 Å². The number of hydrogen-bond donors (Lipinski definition) is 1. The van der Waals surface area contributed by atoms with Crippen LogP contribution in [-0.4, -0.2) is 40.8 Å². The third-order valence-corrected chi connectivity index (χ3v) is 3.35. The molecular weight excluding hydrogens is 234 g/mol. The quantitative estimate of drug-likeness (QED) is 0.787. The summed E-state index contributed by atoms with van der Waals surface area (Å²) in [6, 6.07) is 0. The summed E-state index contributed by atoms with van der Waals surface area (Å²) in [6.45, 7) is 7.18. The number of nitrogens with zero attached hydrogens (tertiary/aromatic N) is 4. The van der Waals surface area contributed by atoms with E-state index in [1.165, 1.54) is 0 Å². The summed E-state index contributed by atoms with van der Waals surface area (Å²) in [7, 11) is 3.87. The third-order valence-electron chi connectivity index (χ3n) is 2.22. The predicted octanol–water partition coefficient (Wildman–Crippen LogP) is 2.26. The Balaban J connectivity index is 2.94. The van der Waals surface area contributed by atoms with Crippen molar-refractivity contribution in [2.75, 3.05) is 30.9 Å². The summed E-state index contributed by atoms with van der Waals surface area (Å²) in [6.07, 6.45) is 1.10. The Labute approximate surface area is 107 Å². The van der Waals surface area contributed by atoms with Crippen molar-refractivity contribution in [2.45, 2.75) is 37.6 Å². The largest absolute Gasteiger partial charge is 0.354 e. The Bertz CT molecular complexity index is 356. The van der Waals surface area contributed by atoms with E-state index in [4.69, 9.17) is 0 Å². The van der Waals surface area contributed by atoms with Crippen LogP contribution in [0.25, 0.3) is 0 Å². The van der Waals surface area contributed by atoms with Gasteiger partial charge in [0.25, 0.3) is 0 Å². The molecule has 96 valence electrons. The van der Waals surface area contributed by atoms with Gasteiger partial charge in [-0.3, -0.25) is 0 Å². The molecule has 0 radical (unpaired) electrons. The van der Waals surface area contributed by atoms with Crippen molar-refractivity contribution in [1.82, 2.24) is 15.0 Å². The van der Waals surface area contributed by atoms with Gasteiger partial charge in [-0.1, -0.05) is 25.6 Å². The van der Waals surface area contributed by atoms with Crippen molar-refractivity contribution in [3.8, 4) is 0 Å². The van der Waals surface area contributed by atoms with Crippen LogP contribution in [0.1, 0.15) is 27.2 Å². The van der Waals surface area contributed by atoms with Gasteiger partial charge in [-0.25, -0.2) is 0 Å². The molecule has 1 unspecified atom stereocenters. The lowest BCUT2D eigenvalue weighted by Crippen LogP contribution is -2.16. The summed E-state index contributed by atoms with van der Waals surface area (Å²) in [5.41, 5.74) is 0. The van der Waals surface area contributed by atoms with Crippen LogP contribution in [0.4, 0.5) is 11.9 Å². The average Bonchev–Trinajstić information content (AvgIpc) is 2.29. The fraction of sp³-hybridized carbons (Fsp3) is 0.727. The SMILES string of the molecule is CCNc1nc(SC(C)CC)nc(N(C)C)n1. The highest BCUT2D eigenvalue weighted by atomic mass is 32.2. The highest BCUT2D eigenvalue weighted by Crippen LogP contribution is 2.23. The summed E-state index contributed by atoms with van der Waals surface area (Å²) in [4.78, 5) is 15.1. The van der Waals surface area contributed by atoms with Gasteiger partial charge in [0.15, 0.2) is 5.16 Å². The van der Waals surface area contributed by atoms with Gasteiger partial charge in [0.2, 0.25) is 11.9 Å². The minimum Gasteiger partial charge on any atom is -0.354 e. The number of aromatic nitrogens is 3. The normalized spacial score (nSPS) is 12.3. The van der Waals surface area contributed by atoms with Crippen LogP contribution in [0.3, 0.4) is 0 Å². The summed E-state index contributed by atoms with van der Waals surface area (Å²) in [5.74, 6) is 1.35. The Hall–Kier alpha value is -1.04. The summed E-state index contributed by atoms with van der Waals surface area (Å²) >= 11 is 1.69. The summed E-state index contributed by atoms with van der Waals surface area (Å²) in [5, 5.41) is 4.43. The van der Waals surface area contributed by atoms with Crippen molar-refractivity contribution in [1.29, 1.82) is 0 Å². The molecule has 0 aromatic carbocycles. The highest BCUT2D eigenvalue weighted by molar-refractivity contribution is 7.99. The standard InChI is InChI=1S/C11H21N5S/c1-6-8(3)17-11-14-9(12-7-2)13-10(15-11)16(4)5/h8H,6-7H2,1-5H3,(H,12,13,14,15). The molecule has 0 fully saturated rings. The molecule has 0 spiro atoms. The van der Waals surface area contributed by atoms with E-state index >= 15 is 0 Å². The Morgan fingerprint density at radius 3 is 2.47 bits per heavy atom. The lowest BCUT2D eigenvalue weighted by atomic mass is 10.4. The number of anilines is 2. The fourth-order valence-electron chi connectivity index (χ4n) is 1.10. The molecule has 17 heavy (non-hydrogen) atoms. The molecule has 1 heterocycles. The van der Waals surface area contributed by atoms with E-state index in [0.29, 0.717) is 17.1 Å². The number of nitrogens with one attached hydrogen (secondary N) is 1. The van der Waals surface area contributed by atoms with E-state index in [2.05, 4.69) is 34.1 Å². The van der Waals surface area contributed by atoms with Gasteiger partial charge in [-0.15, -0.1) is 0 Å². The second-order valence-corrected chi connectivity index (χ2v) is 5.41. The van der Waals surface area contributed by atoms with Gasteiger partial charge >= 0.3 is 0 Å². The van der Waals surface area contributed by atoms with Crippen molar-refractivity contribution in [3.63, 3.8) is 0 Å². The summed E-state index contributed by atoms with van der Waals surface area (Å²) < 4.78 is 0. The molecule has 5 nitrogen and oxygen atoms in total. The highest BCUT2D eigenvalue weighted by Gasteiger charge is 2.10. The first-order valence-electron chi connectivity index (χ1n) is 5.90. The first-order chi connectivity index (χ1) is 8.06.